The Hall–Kier alpha value is -1.75. The molecule has 0 saturated carbocycles. The molecular weight excluding hydrogens is 268 g/mol. The number of para-hydroxylation sites is 2. The molecular formula is C16H26N2O3. The molecule has 1 amide bonds. The van der Waals surface area contributed by atoms with Crippen LogP contribution in [0.25, 0.3) is 0 Å². The van der Waals surface area contributed by atoms with E-state index >= 15 is 0 Å². The largest absolute Gasteiger partial charge is 0.493 e. The fourth-order valence-electron chi connectivity index (χ4n) is 1.85. The van der Waals surface area contributed by atoms with Crippen LogP contribution in [0.15, 0.2) is 24.3 Å². The summed E-state index contributed by atoms with van der Waals surface area (Å²) in [5.41, 5.74) is 5.88. The van der Waals surface area contributed by atoms with E-state index in [1.807, 2.05) is 45.0 Å². The third kappa shape index (κ3) is 5.27. The molecule has 0 aromatic heterocycles. The van der Waals surface area contributed by atoms with E-state index in [1.165, 1.54) is 0 Å². The Labute approximate surface area is 126 Å². The smallest absolute Gasteiger partial charge is 0.237 e. The molecule has 5 nitrogen and oxygen atoms in total. The van der Waals surface area contributed by atoms with Gasteiger partial charge in [0.05, 0.1) is 19.7 Å². The summed E-state index contributed by atoms with van der Waals surface area (Å²) in [5.74, 6) is 1.36. The van der Waals surface area contributed by atoms with Crippen molar-refractivity contribution in [2.45, 2.75) is 39.3 Å². The van der Waals surface area contributed by atoms with Gasteiger partial charge in [0.15, 0.2) is 11.5 Å². The van der Waals surface area contributed by atoms with Crippen molar-refractivity contribution in [1.82, 2.24) is 5.32 Å². The van der Waals surface area contributed by atoms with Crippen LogP contribution >= 0.6 is 0 Å². The minimum absolute atomic E-state index is 0.139. The van der Waals surface area contributed by atoms with E-state index in [1.54, 1.807) is 7.11 Å². The SMILES string of the molecule is CCC(C)C(N)C(=O)NCC(C)Oc1ccccc1OC. The summed E-state index contributed by atoms with van der Waals surface area (Å²) in [6.45, 7) is 6.28. The lowest BCUT2D eigenvalue weighted by atomic mass is 9.99. The highest BCUT2D eigenvalue weighted by Crippen LogP contribution is 2.26. The summed E-state index contributed by atoms with van der Waals surface area (Å²) in [6, 6.07) is 6.95. The molecule has 1 aromatic rings. The van der Waals surface area contributed by atoms with Crippen molar-refractivity contribution in [2.75, 3.05) is 13.7 Å². The molecule has 0 spiro atoms. The first-order valence-corrected chi connectivity index (χ1v) is 7.32. The summed E-state index contributed by atoms with van der Waals surface area (Å²) in [7, 11) is 1.60. The molecule has 0 fully saturated rings. The number of rotatable bonds is 8. The Morgan fingerprint density at radius 1 is 1.29 bits per heavy atom. The molecule has 0 radical (unpaired) electrons. The van der Waals surface area contributed by atoms with Crippen molar-refractivity contribution < 1.29 is 14.3 Å². The minimum atomic E-state index is -0.478. The van der Waals surface area contributed by atoms with Crippen LogP contribution in [-0.2, 0) is 4.79 Å². The first kappa shape index (κ1) is 17.3. The lowest BCUT2D eigenvalue weighted by Crippen LogP contribution is -2.47. The highest BCUT2D eigenvalue weighted by molar-refractivity contribution is 5.81. The second kappa shape index (κ2) is 8.52. The van der Waals surface area contributed by atoms with E-state index in [0.717, 1.165) is 6.42 Å². The van der Waals surface area contributed by atoms with Crippen molar-refractivity contribution in [3.05, 3.63) is 24.3 Å². The number of nitrogens with two attached hydrogens (primary N) is 1. The Morgan fingerprint density at radius 2 is 1.90 bits per heavy atom. The summed E-state index contributed by atoms with van der Waals surface area (Å²) >= 11 is 0. The van der Waals surface area contributed by atoms with Gasteiger partial charge in [-0.2, -0.15) is 0 Å². The van der Waals surface area contributed by atoms with E-state index in [-0.39, 0.29) is 17.9 Å². The van der Waals surface area contributed by atoms with Gasteiger partial charge in [0, 0.05) is 0 Å². The summed E-state index contributed by atoms with van der Waals surface area (Å²) < 4.78 is 11.0. The van der Waals surface area contributed by atoms with Crippen LogP contribution in [0, 0.1) is 5.92 Å². The van der Waals surface area contributed by atoms with Gasteiger partial charge in [-0.25, -0.2) is 0 Å². The van der Waals surface area contributed by atoms with Crippen LogP contribution in [0.4, 0.5) is 0 Å². The first-order valence-electron chi connectivity index (χ1n) is 7.32. The van der Waals surface area contributed by atoms with Crippen molar-refractivity contribution in [1.29, 1.82) is 0 Å². The quantitative estimate of drug-likeness (QED) is 0.768. The molecule has 1 aromatic carbocycles. The van der Waals surface area contributed by atoms with E-state index in [4.69, 9.17) is 15.2 Å². The lowest BCUT2D eigenvalue weighted by molar-refractivity contribution is -0.123. The zero-order chi connectivity index (χ0) is 15.8. The van der Waals surface area contributed by atoms with Gasteiger partial charge in [0.1, 0.15) is 6.10 Å². The Balaban J connectivity index is 2.47. The molecule has 0 aliphatic heterocycles. The topological polar surface area (TPSA) is 73.6 Å². The maximum absolute atomic E-state index is 11.9. The molecule has 0 aliphatic carbocycles. The molecule has 3 unspecified atom stereocenters. The van der Waals surface area contributed by atoms with E-state index in [0.29, 0.717) is 18.0 Å². The van der Waals surface area contributed by atoms with E-state index < -0.39 is 6.04 Å². The van der Waals surface area contributed by atoms with Crippen molar-refractivity contribution in [3.8, 4) is 11.5 Å². The number of hydrogen-bond donors (Lipinski definition) is 2. The van der Waals surface area contributed by atoms with Gasteiger partial charge < -0.3 is 20.5 Å². The molecule has 3 atom stereocenters. The van der Waals surface area contributed by atoms with Crippen LogP contribution in [0.2, 0.25) is 0 Å². The van der Waals surface area contributed by atoms with E-state index in [2.05, 4.69) is 5.32 Å². The maximum atomic E-state index is 11.9. The predicted octanol–water partition coefficient (Wildman–Crippen LogP) is 1.95. The van der Waals surface area contributed by atoms with Crippen LogP contribution in [0.1, 0.15) is 27.2 Å². The van der Waals surface area contributed by atoms with Gasteiger partial charge >= 0.3 is 0 Å². The third-order valence-corrected chi connectivity index (χ3v) is 3.52. The zero-order valence-electron chi connectivity index (χ0n) is 13.3. The lowest BCUT2D eigenvalue weighted by Gasteiger charge is -2.20. The van der Waals surface area contributed by atoms with Gasteiger partial charge in [-0.15, -0.1) is 0 Å². The maximum Gasteiger partial charge on any atom is 0.237 e. The average Bonchev–Trinajstić information content (AvgIpc) is 2.51. The molecule has 3 N–H and O–H groups in total. The number of benzene rings is 1. The minimum Gasteiger partial charge on any atom is -0.493 e. The van der Waals surface area contributed by atoms with Gasteiger partial charge in [0.25, 0.3) is 0 Å². The number of carbonyl (C=O) groups is 1. The molecule has 1 rings (SSSR count). The van der Waals surface area contributed by atoms with Gasteiger partial charge in [-0.05, 0) is 25.0 Å². The standard InChI is InChI=1S/C16H26N2O3/c1-5-11(2)15(17)16(19)18-10-12(3)21-14-9-7-6-8-13(14)20-4/h6-9,11-12,15H,5,10,17H2,1-4H3,(H,18,19). The van der Waals surface area contributed by atoms with E-state index in [9.17, 15) is 4.79 Å². The molecule has 0 aliphatic rings. The Morgan fingerprint density at radius 3 is 2.48 bits per heavy atom. The van der Waals surface area contributed by atoms with Gasteiger partial charge in [-0.1, -0.05) is 32.4 Å². The molecule has 21 heavy (non-hydrogen) atoms. The summed E-state index contributed by atoms with van der Waals surface area (Å²) in [5, 5.41) is 2.83. The fourth-order valence-corrected chi connectivity index (χ4v) is 1.85. The highest BCUT2D eigenvalue weighted by atomic mass is 16.5. The number of amides is 1. The first-order chi connectivity index (χ1) is 9.99. The molecule has 118 valence electrons. The average molecular weight is 294 g/mol. The van der Waals surface area contributed by atoms with Gasteiger partial charge in [-0.3, -0.25) is 4.79 Å². The molecule has 0 heterocycles. The second-order valence-corrected chi connectivity index (χ2v) is 5.24. The van der Waals surface area contributed by atoms with Crippen molar-refractivity contribution in [3.63, 3.8) is 0 Å². The highest BCUT2D eigenvalue weighted by Gasteiger charge is 2.20. The molecule has 5 heteroatoms. The van der Waals surface area contributed by atoms with Crippen LogP contribution < -0.4 is 20.5 Å². The third-order valence-electron chi connectivity index (χ3n) is 3.52. The summed E-state index contributed by atoms with van der Waals surface area (Å²) in [4.78, 5) is 11.9. The second-order valence-electron chi connectivity index (χ2n) is 5.24. The van der Waals surface area contributed by atoms with Gasteiger partial charge in [0.2, 0.25) is 5.91 Å². The van der Waals surface area contributed by atoms with Crippen molar-refractivity contribution in [2.24, 2.45) is 11.7 Å². The van der Waals surface area contributed by atoms with Crippen LogP contribution in [0.3, 0.4) is 0 Å². The number of carbonyl (C=O) groups excluding carboxylic acids is 1. The zero-order valence-corrected chi connectivity index (χ0v) is 13.3. The predicted molar refractivity (Wildman–Crippen MR) is 83.5 cm³/mol. The Bertz CT molecular complexity index is 451. The molecule has 0 saturated heterocycles. The number of methoxy groups -OCH3 is 1. The monoisotopic (exact) mass is 294 g/mol. The summed E-state index contributed by atoms with van der Waals surface area (Å²) in [6.07, 6.45) is 0.705. The number of nitrogens with one attached hydrogen (secondary N) is 1. The number of ether oxygens (including phenoxy) is 2. The van der Waals surface area contributed by atoms with Crippen molar-refractivity contribution >= 4 is 5.91 Å². The fraction of sp³-hybridized carbons (Fsp3) is 0.562. The van der Waals surface area contributed by atoms with Crippen LogP contribution in [0.5, 0.6) is 11.5 Å². The normalized spacial score (nSPS) is 14.9. The number of hydrogen-bond acceptors (Lipinski definition) is 4. The molecule has 0 bridgehead atoms. The Kier molecular flexibility index (Phi) is 7.02. The van der Waals surface area contributed by atoms with Crippen LogP contribution in [-0.4, -0.2) is 31.7 Å².